The summed E-state index contributed by atoms with van der Waals surface area (Å²) in [7, 11) is -3.92. The highest BCUT2D eigenvalue weighted by Crippen LogP contribution is 2.36. The first kappa shape index (κ1) is 24.7. The van der Waals surface area contributed by atoms with Gasteiger partial charge in [0, 0.05) is 19.6 Å². The van der Waals surface area contributed by atoms with Gasteiger partial charge in [0.05, 0.1) is 21.3 Å². The van der Waals surface area contributed by atoms with E-state index in [1.54, 1.807) is 24.3 Å². The average Bonchev–Trinajstić information content (AvgIpc) is 3.15. The van der Waals surface area contributed by atoms with Crippen LogP contribution in [-0.4, -0.2) is 32.5 Å². The number of anilines is 2. The zero-order chi connectivity index (χ0) is 24.3. The summed E-state index contributed by atoms with van der Waals surface area (Å²) in [4.78, 5) is 17.7. The van der Waals surface area contributed by atoms with Gasteiger partial charge in [-0.25, -0.2) is 13.4 Å². The summed E-state index contributed by atoms with van der Waals surface area (Å²) in [5.41, 5.74) is 2.66. The van der Waals surface area contributed by atoms with Crippen LogP contribution < -0.4 is 10.0 Å². The van der Waals surface area contributed by atoms with Gasteiger partial charge in [-0.05, 0) is 61.9 Å². The van der Waals surface area contributed by atoms with Crippen LogP contribution in [0.15, 0.2) is 47.4 Å². The van der Waals surface area contributed by atoms with Crippen LogP contribution in [0.1, 0.15) is 30.5 Å². The number of rotatable bonds is 7. The van der Waals surface area contributed by atoms with Crippen LogP contribution in [0.3, 0.4) is 0 Å². The fourth-order valence-electron chi connectivity index (χ4n) is 3.84. The standard InChI is InChI=1S/C24H26ClN3O4S2/c1-15-5-3-4-6-20(15)28-34(30,31)21-14-18(7-8-19(21)25)23-16(2)26-24(33-23)27-22(29)13-17-9-11-32-12-10-17/h3-8,14,17,28H,9-13H2,1-2H3,(H,26,27,29). The molecule has 1 aromatic heterocycles. The number of amides is 1. The number of carbonyl (C=O) groups excluding carboxylic acids is 1. The molecule has 0 unspecified atom stereocenters. The molecule has 1 saturated heterocycles. The molecule has 4 rings (SSSR count). The number of thiazole rings is 1. The van der Waals surface area contributed by atoms with E-state index in [9.17, 15) is 13.2 Å². The van der Waals surface area contributed by atoms with Crippen molar-refractivity contribution in [3.8, 4) is 10.4 Å². The topological polar surface area (TPSA) is 97.4 Å². The van der Waals surface area contributed by atoms with Crippen molar-refractivity contribution in [3.05, 3.63) is 58.7 Å². The Morgan fingerprint density at radius 1 is 1.18 bits per heavy atom. The molecule has 1 amide bonds. The minimum atomic E-state index is -3.92. The Bertz CT molecular complexity index is 1300. The highest BCUT2D eigenvalue weighted by atomic mass is 35.5. The lowest BCUT2D eigenvalue weighted by Crippen LogP contribution is -2.22. The van der Waals surface area contributed by atoms with E-state index < -0.39 is 10.0 Å². The smallest absolute Gasteiger partial charge is 0.263 e. The number of para-hydroxylation sites is 1. The molecule has 0 spiro atoms. The van der Waals surface area contributed by atoms with Crippen molar-refractivity contribution in [3.63, 3.8) is 0 Å². The third-order valence-corrected chi connectivity index (χ3v) is 8.70. The van der Waals surface area contributed by atoms with E-state index >= 15 is 0 Å². The van der Waals surface area contributed by atoms with Gasteiger partial charge in [0.15, 0.2) is 5.13 Å². The summed E-state index contributed by atoms with van der Waals surface area (Å²) in [6, 6.07) is 12.0. The molecule has 0 bridgehead atoms. The van der Waals surface area contributed by atoms with Crippen LogP contribution >= 0.6 is 22.9 Å². The Hall–Kier alpha value is -2.46. The second-order valence-electron chi connectivity index (χ2n) is 8.31. The average molecular weight is 520 g/mol. The van der Waals surface area contributed by atoms with E-state index in [1.165, 1.54) is 17.4 Å². The van der Waals surface area contributed by atoms with Crippen molar-refractivity contribution in [2.24, 2.45) is 5.92 Å². The zero-order valence-electron chi connectivity index (χ0n) is 18.9. The molecule has 2 aromatic carbocycles. The van der Waals surface area contributed by atoms with Crippen LogP contribution in [0.5, 0.6) is 0 Å². The number of nitrogens with one attached hydrogen (secondary N) is 2. The van der Waals surface area contributed by atoms with E-state index in [0.29, 0.717) is 47.6 Å². The molecule has 1 aliphatic heterocycles. The Balaban J connectivity index is 1.55. The van der Waals surface area contributed by atoms with E-state index in [1.807, 2.05) is 26.0 Å². The summed E-state index contributed by atoms with van der Waals surface area (Å²) in [6.07, 6.45) is 2.20. The maximum atomic E-state index is 13.1. The van der Waals surface area contributed by atoms with E-state index in [2.05, 4.69) is 15.0 Å². The number of ether oxygens (including phenoxy) is 1. The normalized spacial score (nSPS) is 14.7. The molecule has 0 radical (unpaired) electrons. The summed E-state index contributed by atoms with van der Waals surface area (Å²) in [5, 5.41) is 3.50. The molecule has 0 atom stereocenters. The molecule has 1 aliphatic rings. The molecular weight excluding hydrogens is 494 g/mol. The van der Waals surface area contributed by atoms with E-state index in [0.717, 1.165) is 23.3 Å². The predicted molar refractivity (Wildman–Crippen MR) is 136 cm³/mol. The molecule has 10 heteroatoms. The quantitative estimate of drug-likeness (QED) is 0.421. The van der Waals surface area contributed by atoms with Gasteiger partial charge in [0.2, 0.25) is 5.91 Å². The third kappa shape index (κ3) is 5.78. The van der Waals surface area contributed by atoms with Gasteiger partial charge < -0.3 is 10.1 Å². The van der Waals surface area contributed by atoms with Crippen molar-refractivity contribution < 1.29 is 17.9 Å². The summed E-state index contributed by atoms with van der Waals surface area (Å²) < 4.78 is 34.2. The Kier molecular flexibility index (Phi) is 7.57. The molecular formula is C24H26ClN3O4S2. The first-order chi connectivity index (χ1) is 16.2. The largest absolute Gasteiger partial charge is 0.381 e. The van der Waals surface area contributed by atoms with Crippen molar-refractivity contribution in [1.82, 2.24) is 4.98 Å². The van der Waals surface area contributed by atoms with E-state index in [4.69, 9.17) is 16.3 Å². The number of hydrogen-bond donors (Lipinski definition) is 2. The molecule has 7 nitrogen and oxygen atoms in total. The number of carbonyl (C=O) groups is 1. The zero-order valence-corrected chi connectivity index (χ0v) is 21.3. The fourth-order valence-corrected chi connectivity index (χ4v) is 6.48. The van der Waals surface area contributed by atoms with Gasteiger partial charge >= 0.3 is 0 Å². The van der Waals surface area contributed by atoms with Crippen molar-refractivity contribution in [2.45, 2.75) is 38.0 Å². The number of aryl methyl sites for hydroxylation is 2. The summed E-state index contributed by atoms with van der Waals surface area (Å²) in [6.45, 7) is 5.04. The minimum absolute atomic E-state index is 0.0205. The lowest BCUT2D eigenvalue weighted by atomic mass is 9.96. The maximum Gasteiger partial charge on any atom is 0.263 e. The molecule has 3 aromatic rings. The summed E-state index contributed by atoms with van der Waals surface area (Å²) in [5.74, 6) is 0.244. The van der Waals surface area contributed by atoms with Gasteiger partial charge in [-0.1, -0.05) is 47.2 Å². The van der Waals surface area contributed by atoms with Gasteiger partial charge in [-0.3, -0.25) is 9.52 Å². The molecule has 2 heterocycles. The van der Waals surface area contributed by atoms with Gasteiger partial charge in [-0.15, -0.1) is 0 Å². The SMILES string of the molecule is Cc1ccccc1NS(=O)(=O)c1cc(-c2sc(NC(=O)CC3CCOCC3)nc2C)ccc1Cl. The Morgan fingerprint density at radius 3 is 2.65 bits per heavy atom. The molecule has 0 aliphatic carbocycles. The van der Waals surface area contributed by atoms with Crippen molar-refractivity contribution >= 4 is 49.7 Å². The number of sulfonamides is 1. The highest BCUT2D eigenvalue weighted by molar-refractivity contribution is 7.92. The van der Waals surface area contributed by atoms with Crippen molar-refractivity contribution in [1.29, 1.82) is 0 Å². The first-order valence-corrected chi connectivity index (χ1v) is 13.6. The minimum Gasteiger partial charge on any atom is -0.381 e. The van der Waals surface area contributed by atoms with Gasteiger partial charge in [0.25, 0.3) is 10.0 Å². The fraction of sp³-hybridized carbons (Fsp3) is 0.333. The molecule has 34 heavy (non-hydrogen) atoms. The number of halogens is 1. The van der Waals surface area contributed by atoms with Crippen LogP contribution in [0.4, 0.5) is 10.8 Å². The monoisotopic (exact) mass is 519 g/mol. The predicted octanol–water partition coefficient (Wildman–Crippen LogP) is 5.64. The number of hydrogen-bond acceptors (Lipinski definition) is 6. The first-order valence-electron chi connectivity index (χ1n) is 11.0. The highest BCUT2D eigenvalue weighted by Gasteiger charge is 2.22. The maximum absolute atomic E-state index is 13.1. The van der Waals surface area contributed by atoms with Crippen molar-refractivity contribution in [2.75, 3.05) is 23.3 Å². The van der Waals surface area contributed by atoms with Crippen LogP contribution in [-0.2, 0) is 19.6 Å². The molecule has 1 fully saturated rings. The van der Waals surface area contributed by atoms with Gasteiger partial charge in [-0.2, -0.15) is 0 Å². The van der Waals surface area contributed by atoms with Gasteiger partial charge in [0.1, 0.15) is 4.90 Å². The Labute approximate surface area is 208 Å². The second-order valence-corrected chi connectivity index (χ2v) is 11.4. The Morgan fingerprint density at radius 2 is 1.91 bits per heavy atom. The second kappa shape index (κ2) is 10.4. The number of aromatic nitrogens is 1. The van der Waals surface area contributed by atoms with Crippen LogP contribution in [0.2, 0.25) is 5.02 Å². The number of benzene rings is 2. The lowest BCUT2D eigenvalue weighted by Gasteiger charge is -2.20. The molecule has 0 saturated carbocycles. The lowest BCUT2D eigenvalue weighted by molar-refractivity contribution is -0.117. The number of nitrogens with zero attached hydrogens (tertiary/aromatic N) is 1. The third-order valence-electron chi connectivity index (χ3n) is 5.73. The van der Waals surface area contributed by atoms with Crippen LogP contribution in [0.25, 0.3) is 10.4 Å². The van der Waals surface area contributed by atoms with E-state index in [-0.39, 0.29) is 15.8 Å². The van der Waals surface area contributed by atoms with Crippen LogP contribution in [0, 0.1) is 19.8 Å². The molecule has 180 valence electrons. The molecule has 2 N–H and O–H groups in total. The summed E-state index contributed by atoms with van der Waals surface area (Å²) >= 11 is 7.59.